The van der Waals surface area contributed by atoms with E-state index in [2.05, 4.69) is 10.4 Å². The summed E-state index contributed by atoms with van der Waals surface area (Å²) in [5.41, 5.74) is 1.07. The highest BCUT2D eigenvalue weighted by molar-refractivity contribution is 5.89. The zero-order valence-corrected chi connectivity index (χ0v) is 14.8. The van der Waals surface area contributed by atoms with Crippen LogP contribution in [-0.4, -0.2) is 39.9 Å². The molecule has 0 atom stereocenters. The molecule has 0 bridgehead atoms. The van der Waals surface area contributed by atoms with Crippen LogP contribution in [-0.2, 0) is 0 Å². The minimum Gasteiger partial charge on any atom is -0.487 e. The molecule has 27 heavy (non-hydrogen) atoms. The molecule has 1 aliphatic rings. The van der Waals surface area contributed by atoms with E-state index >= 15 is 0 Å². The molecule has 0 unspecified atom stereocenters. The third kappa shape index (κ3) is 3.62. The van der Waals surface area contributed by atoms with E-state index in [4.69, 9.17) is 4.74 Å². The second kappa shape index (κ2) is 7.11. The number of rotatable bonds is 4. The van der Waals surface area contributed by atoms with Gasteiger partial charge < -0.3 is 9.64 Å². The van der Waals surface area contributed by atoms with Crippen LogP contribution in [0.2, 0.25) is 0 Å². The SMILES string of the molecule is Cc1cc(NC(=O)N2CC(Oc3ccccc3)C2)nn1-c1ccccc1F. The van der Waals surface area contributed by atoms with E-state index in [0.29, 0.717) is 24.6 Å². The number of ether oxygens (including phenoxy) is 1. The van der Waals surface area contributed by atoms with Gasteiger partial charge in [-0.1, -0.05) is 30.3 Å². The van der Waals surface area contributed by atoms with Crippen molar-refractivity contribution in [3.63, 3.8) is 0 Å². The van der Waals surface area contributed by atoms with Crippen molar-refractivity contribution in [2.24, 2.45) is 0 Å². The van der Waals surface area contributed by atoms with Gasteiger partial charge in [-0.15, -0.1) is 5.10 Å². The minimum absolute atomic E-state index is 0.0177. The number of nitrogens with one attached hydrogen (secondary N) is 1. The summed E-state index contributed by atoms with van der Waals surface area (Å²) in [5, 5.41) is 7.05. The summed E-state index contributed by atoms with van der Waals surface area (Å²) in [6, 6.07) is 17.4. The highest BCUT2D eigenvalue weighted by Crippen LogP contribution is 2.20. The first kappa shape index (κ1) is 17.1. The Bertz CT molecular complexity index is 952. The van der Waals surface area contributed by atoms with E-state index in [9.17, 15) is 9.18 Å². The molecule has 2 heterocycles. The summed E-state index contributed by atoms with van der Waals surface area (Å²) in [5.74, 6) is 0.806. The monoisotopic (exact) mass is 366 g/mol. The number of halogens is 1. The van der Waals surface area contributed by atoms with Crippen molar-refractivity contribution in [1.82, 2.24) is 14.7 Å². The maximum Gasteiger partial charge on any atom is 0.323 e. The van der Waals surface area contributed by atoms with Crippen LogP contribution >= 0.6 is 0 Å². The lowest BCUT2D eigenvalue weighted by Crippen LogP contribution is -2.57. The molecule has 0 aliphatic carbocycles. The Morgan fingerprint density at radius 1 is 1.15 bits per heavy atom. The first-order valence-electron chi connectivity index (χ1n) is 8.69. The number of hydrogen-bond donors (Lipinski definition) is 1. The number of benzene rings is 2. The van der Waals surface area contributed by atoms with E-state index in [-0.39, 0.29) is 18.0 Å². The lowest BCUT2D eigenvalue weighted by atomic mass is 10.2. The Kier molecular flexibility index (Phi) is 4.50. The van der Waals surface area contributed by atoms with Crippen LogP contribution in [0.3, 0.4) is 0 Å². The second-order valence-corrected chi connectivity index (χ2v) is 6.42. The minimum atomic E-state index is -0.370. The molecule has 0 radical (unpaired) electrons. The van der Waals surface area contributed by atoms with Gasteiger partial charge in [-0.25, -0.2) is 13.9 Å². The molecule has 7 heteroatoms. The molecule has 2 amide bonds. The molecule has 3 aromatic rings. The van der Waals surface area contributed by atoms with Gasteiger partial charge in [-0.05, 0) is 31.2 Å². The van der Waals surface area contributed by atoms with Gasteiger partial charge in [0.2, 0.25) is 0 Å². The average Bonchev–Trinajstić information content (AvgIpc) is 2.99. The third-order valence-electron chi connectivity index (χ3n) is 4.38. The van der Waals surface area contributed by atoms with Crippen LogP contribution in [0.25, 0.3) is 5.69 Å². The van der Waals surface area contributed by atoms with Crippen molar-refractivity contribution < 1.29 is 13.9 Å². The fourth-order valence-electron chi connectivity index (χ4n) is 2.96. The number of para-hydroxylation sites is 2. The summed E-state index contributed by atoms with van der Waals surface area (Å²) in [6.45, 7) is 2.82. The van der Waals surface area contributed by atoms with E-state index in [1.165, 1.54) is 10.7 Å². The molecule has 138 valence electrons. The number of carbonyl (C=O) groups excluding carboxylic acids is 1. The highest BCUT2D eigenvalue weighted by atomic mass is 19.1. The number of urea groups is 1. The number of carbonyl (C=O) groups is 1. The third-order valence-corrected chi connectivity index (χ3v) is 4.38. The van der Waals surface area contributed by atoms with Crippen molar-refractivity contribution in [2.45, 2.75) is 13.0 Å². The van der Waals surface area contributed by atoms with Crippen LogP contribution in [0, 0.1) is 12.7 Å². The standard InChI is InChI=1S/C20H19FN4O2/c1-14-11-19(23-25(14)18-10-6-5-9-17(18)21)22-20(26)24-12-16(13-24)27-15-7-3-2-4-8-15/h2-11,16H,12-13H2,1H3,(H,22,23,26). The number of nitrogens with zero attached hydrogens (tertiary/aromatic N) is 3. The second-order valence-electron chi connectivity index (χ2n) is 6.42. The lowest BCUT2D eigenvalue weighted by Gasteiger charge is -2.38. The van der Waals surface area contributed by atoms with E-state index < -0.39 is 0 Å². The zero-order valence-electron chi connectivity index (χ0n) is 14.8. The zero-order chi connectivity index (χ0) is 18.8. The molecular weight excluding hydrogens is 347 g/mol. The van der Waals surface area contributed by atoms with Gasteiger partial charge >= 0.3 is 6.03 Å². The molecule has 2 aromatic carbocycles. The Morgan fingerprint density at radius 3 is 2.59 bits per heavy atom. The maximum absolute atomic E-state index is 14.0. The van der Waals surface area contributed by atoms with Crippen LogP contribution < -0.4 is 10.1 Å². The van der Waals surface area contributed by atoms with Crippen molar-refractivity contribution in [1.29, 1.82) is 0 Å². The molecule has 4 rings (SSSR count). The molecular formula is C20H19FN4O2. The Balaban J connectivity index is 1.36. The Hall–Kier alpha value is -3.35. The van der Waals surface area contributed by atoms with Gasteiger partial charge in [-0.3, -0.25) is 5.32 Å². The Morgan fingerprint density at radius 2 is 1.85 bits per heavy atom. The van der Waals surface area contributed by atoms with Crippen LogP contribution in [0.4, 0.5) is 15.0 Å². The van der Waals surface area contributed by atoms with Gasteiger partial charge in [0.15, 0.2) is 5.82 Å². The van der Waals surface area contributed by atoms with Crippen molar-refractivity contribution >= 4 is 11.8 Å². The molecule has 1 fully saturated rings. The van der Waals surface area contributed by atoms with Crippen molar-refractivity contribution in [2.75, 3.05) is 18.4 Å². The first-order valence-corrected chi connectivity index (χ1v) is 8.69. The summed E-state index contributed by atoms with van der Waals surface area (Å²) in [6.07, 6.45) is -0.0177. The summed E-state index contributed by atoms with van der Waals surface area (Å²) in [7, 11) is 0. The smallest absolute Gasteiger partial charge is 0.323 e. The van der Waals surface area contributed by atoms with Gasteiger partial charge in [0.1, 0.15) is 23.4 Å². The van der Waals surface area contributed by atoms with E-state index in [1.54, 1.807) is 29.2 Å². The molecule has 0 saturated carbocycles. The predicted molar refractivity (Wildman–Crippen MR) is 99.7 cm³/mol. The molecule has 1 aromatic heterocycles. The van der Waals surface area contributed by atoms with Crippen molar-refractivity contribution in [3.8, 4) is 11.4 Å². The summed E-state index contributed by atoms with van der Waals surface area (Å²) < 4.78 is 21.2. The highest BCUT2D eigenvalue weighted by Gasteiger charge is 2.32. The number of anilines is 1. The van der Waals surface area contributed by atoms with Crippen LogP contribution in [0.5, 0.6) is 5.75 Å². The number of amides is 2. The number of aromatic nitrogens is 2. The van der Waals surface area contributed by atoms with Gasteiger partial charge in [-0.2, -0.15) is 0 Å². The molecule has 1 saturated heterocycles. The largest absolute Gasteiger partial charge is 0.487 e. The predicted octanol–water partition coefficient (Wildman–Crippen LogP) is 3.61. The molecule has 1 N–H and O–H groups in total. The van der Waals surface area contributed by atoms with Gasteiger partial charge in [0, 0.05) is 11.8 Å². The normalized spacial score (nSPS) is 13.9. The summed E-state index contributed by atoms with van der Waals surface area (Å²) in [4.78, 5) is 14.0. The number of likely N-dealkylation sites (tertiary alicyclic amines) is 1. The number of aryl methyl sites for hydroxylation is 1. The first-order chi connectivity index (χ1) is 13.1. The topological polar surface area (TPSA) is 59.4 Å². The van der Waals surface area contributed by atoms with Gasteiger partial charge in [0.05, 0.1) is 13.1 Å². The fourth-order valence-corrected chi connectivity index (χ4v) is 2.96. The van der Waals surface area contributed by atoms with Crippen molar-refractivity contribution in [3.05, 3.63) is 72.2 Å². The van der Waals surface area contributed by atoms with Gasteiger partial charge in [0.25, 0.3) is 0 Å². The molecule has 6 nitrogen and oxygen atoms in total. The van der Waals surface area contributed by atoms with Crippen LogP contribution in [0.1, 0.15) is 5.69 Å². The maximum atomic E-state index is 14.0. The molecule has 1 aliphatic heterocycles. The number of hydrogen-bond acceptors (Lipinski definition) is 3. The lowest BCUT2D eigenvalue weighted by molar-refractivity contribution is 0.0493. The molecule has 0 spiro atoms. The van der Waals surface area contributed by atoms with E-state index in [0.717, 1.165) is 11.4 Å². The average molecular weight is 366 g/mol. The quantitative estimate of drug-likeness (QED) is 0.767. The summed E-state index contributed by atoms with van der Waals surface area (Å²) >= 11 is 0. The van der Waals surface area contributed by atoms with E-state index in [1.807, 2.05) is 37.3 Å². The fraction of sp³-hybridized carbons (Fsp3) is 0.200. The van der Waals surface area contributed by atoms with Crippen LogP contribution in [0.15, 0.2) is 60.7 Å². The Labute approximate surface area is 156 Å².